The van der Waals surface area contributed by atoms with Gasteiger partial charge >= 0.3 is 0 Å². The van der Waals surface area contributed by atoms with Gasteiger partial charge in [-0.25, -0.2) is 5.10 Å². The van der Waals surface area contributed by atoms with Crippen LogP contribution < -0.4 is 10.9 Å². The van der Waals surface area contributed by atoms with E-state index in [0.717, 1.165) is 42.3 Å². The topological polar surface area (TPSA) is 114 Å². The van der Waals surface area contributed by atoms with E-state index in [1.807, 2.05) is 36.4 Å². The van der Waals surface area contributed by atoms with E-state index in [2.05, 4.69) is 25.7 Å². The Hall–Kier alpha value is -3.81. The van der Waals surface area contributed by atoms with Crippen molar-refractivity contribution in [2.24, 2.45) is 0 Å². The Bertz CT molecular complexity index is 1320. The molecule has 2 aromatic heterocycles. The fourth-order valence-corrected chi connectivity index (χ4v) is 4.41. The molecule has 2 aromatic carbocycles. The molecule has 1 saturated carbocycles. The number of rotatable bonds is 4. The summed E-state index contributed by atoms with van der Waals surface area (Å²) in [5, 5.41) is 15.6. The minimum atomic E-state index is -0.161. The van der Waals surface area contributed by atoms with E-state index in [9.17, 15) is 9.59 Å². The number of hydrogen-bond acceptors (Lipinski definition) is 6. The minimum Gasteiger partial charge on any atom is -0.349 e. The number of hydrogen-bond donors (Lipinski definition) is 2. The number of aromatic amines is 1. The molecule has 0 spiro atoms. The standard InChI is InChI=1S/C24H23N5O3/c1-14-25-22(29-32-14)16-6-8-17(9-7-16)23(30)26-18-12-10-15(11-13-18)21-19-4-2-3-5-20(19)24(31)28-27-21/h2-9,15,18H,10-13H2,1H3,(H,26,30)(H,28,31)/t15-,18-. The van der Waals surface area contributed by atoms with Crippen LogP contribution in [0.5, 0.6) is 0 Å². The maximum Gasteiger partial charge on any atom is 0.272 e. The number of aryl methyl sites for hydroxylation is 1. The number of nitrogens with zero attached hydrogens (tertiary/aromatic N) is 3. The fourth-order valence-electron chi connectivity index (χ4n) is 4.41. The molecule has 8 heteroatoms. The van der Waals surface area contributed by atoms with Crippen molar-refractivity contribution in [3.05, 3.63) is 76.0 Å². The minimum absolute atomic E-state index is 0.0862. The number of carbonyl (C=O) groups excluding carboxylic acids is 1. The Kier molecular flexibility index (Phi) is 5.26. The van der Waals surface area contributed by atoms with Crippen LogP contribution in [-0.4, -0.2) is 32.3 Å². The van der Waals surface area contributed by atoms with Crippen molar-refractivity contribution in [3.8, 4) is 11.4 Å². The van der Waals surface area contributed by atoms with Gasteiger partial charge in [0.05, 0.1) is 11.1 Å². The van der Waals surface area contributed by atoms with Gasteiger partial charge in [0.1, 0.15) is 0 Å². The first kappa shape index (κ1) is 20.1. The van der Waals surface area contributed by atoms with Crippen molar-refractivity contribution < 1.29 is 9.32 Å². The van der Waals surface area contributed by atoms with Crippen molar-refractivity contribution in [1.29, 1.82) is 0 Å². The second kappa shape index (κ2) is 8.37. The molecule has 0 aliphatic heterocycles. The molecule has 1 aliphatic carbocycles. The van der Waals surface area contributed by atoms with E-state index in [1.54, 1.807) is 19.1 Å². The van der Waals surface area contributed by atoms with Gasteiger partial charge < -0.3 is 9.84 Å². The van der Waals surface area contributed by atoms with Crippen molar-refractivity contribution in [1.82, 2.24) is 25.7 Å². The maximum absolute atomic E-state index is 12.7. The Morgan fingerprint density at radius 1 is 1.03 bits per heavy atom. The number of carbonyl (C=O) groups is 1. The normalized spacial score (nSPS) is 18.5. The van der Waals surface area contributed by atoms with Crippen LogP contribution in [0.2, 0.25) is 0 Å². The lowest BCUT2D eigenvalue weighted by molar-refractivity contribution is 0.0925. The molecule has 32 heavy (non-hydrogen) atoms. The zero-order chi connectivity index (χ0) is 22.1. The largest absolute Gasteiger partial charge is 0.349 e. The third-order valence-corrected chi connectivity index (χ3v) is 6.11. The Morgan fingerprint density at radius 2 is 1.75 bits per heavy atom. The summed E-state index contributed by atoms with van der Waals surface area (Å²) in [5.74, 6) is 1.19. The lowest BCUT2D eigenvalue weighted by atomic mass is 9.82. The summed E-state index contributed by atoms with van der Waals surface area (Å²) >= 11 is 0. The molecule has 8 nitrogen and oxygen atoms in total. The predicted octanol–water partition coefficient (Wildman–Crippen LogP) is 3.74. The average molecular weight is 429 g/mol. The molecule has 1 amide bonds. The van der Waals surface area contributed by atoms with Gasteiger partial charge in [-0.1, -0.05) is 35.5 Å². The molecule has 0 atom stereocenters. The van der Waals surface area contributed by atoms with Crippen LogP contribution in [0.3, 0.4) is 0 Å². The number of benzene rings is 2. The van der Waals surface area contributed by atoms with E-state index in [-0.39, 0.29) is 23.4 Å². The van der Waals surface area contributed by atoms with E-state index >= 15 is 0 Å². The predicted molar refractivity (Wildman–Crippen MR) is 119 cm³/mol. The highest BCUT2D eigenvalue weighted by Crippen LogP contribution is 2.34. The molecule has 0 unspecified atom stereocenters. The molecule has 162 valence electrons. The van der Waals surface area contributed by atoms with Crippen molar-refractivity contribution in [2.45, 2.75) is 44.6 Å². The van der Waals surface area contributed by atoms with Gasteiger partial charge in [0, 0.05) is 35.4 Å². The van der Waals surface area contributed by atoms with E-state index < -0.39 is 0 Å². The highest BCUT2D eigenvalue weighted by atomic mass is 16.5. The lowest BCUT2D eigenvalue weighted by Crippen LogP contribution is -2.37. The molecule has 4 aromatic rings. The number of amides is 1. The van der Waals surface area contributed by atoms with Gasteiger partial charge in [0.2, 0.25) is 11.7 Å². The summed E-state index contributed by atoms with van der Waals surface area (Å²) in [6.07, 6.45) is 3.55. The highest BCUT2D eigenvalue weighted by molar-refractivity contribution is 5.94. The maximum atomic E-state index is 12.7. The monoisotopic (exact) mass is 429 g/mol. The second-order valence-electron chi connectivity index (χ2n) is 8.22. The van der Waals surface area contributed by atoms with Crippen LogP contribution in [0, 0.1) is 6.92 Å². The molecule has 1 aliphatic rings. The molecule has 1 fully saturated rings. The molecular weight excluding hydrogens is 406 g/mol. The Balaban J connectivity index is 1.22. The second-order valence-corrected chi connectivity index (χ2v) is 8.22. The zero-order valence-electron chi connectivity index (χ0n) is 17.7. The van der Waals surface area contributed by atoms with Gasteiger partial charge in [0.15, 0.2) is 0 Å². The van der Waals surface area contributed by atoms with Crippen molar-refractivity contribution >= 4 is 16.7 Å². The van der Waals surface area contributed by atoms with Crippen molar-refractivity contribution in [2.75, 3.05) is 0 Å². The number of fused-ring (bicyclic) bond motifs is 1. The van der Waals surface area contributed by atoms with Gasteiger partial charge in [-0.05, 0) is 43.9 Å². The van der Waals surface area contributed by atoms with Crippen LogP contribution in [0.15, 0.2) is 57.8 Å². The van der Waals surface area contributed by atoms with Gasteiger partial charge in [-0.15, -0.1) is 0 Å². The van der Waals surface area contributed by atoms with Gasteiger partial charge in [-0.2, -0.15) is 10.1 Å². The number of aromatic nitrogens is 4. The summed E-state index contributed by atoms with van der Waals surface area (Å²) in [5.41, 5.74) is 2.19. The molecular formula is C24H23N5O3. The smallest absolute Gasteiger partial charge is 0.272 e. The molecule has 2 N–H and O–H groups in total. The zero-order valence-corrected chi connectivity index (χ0v) is 17.7. The summed E-state index contributed by atoms with van der Waals surface area (Å²) < 4.78 is 5.00. The van der Waals surface area contributed by atoms with E-state index in [4.69, 9.17) is 4.52 Å². The van der Waals surface area contributed by atoms with E-state index in [0.29, 0.717) is 22.7 Å². The van der Waals surface area contributed by atoms with Crippen LogP contribution in [-0.2, 0) is 0 Å². The third kappa shape index (κ3) is 3.91. The lowest BCUT2D eigenvalue weighted by Gasteiger charge is -2.29. The van der Waals surface area contributed by atoms with Crippen LogP contribution in [0.25, 0.3) is 22.2 Å². The molecule has 0 radical (unpaired) electrons. The summed E-state index contributed by atoms with van der Waals surface area (Å²) in [6.45, 7) is 1.74. The number of nitrogens with one attached hydrogen (secondary N) is 2. The Labute approximate surface area is 184 Å². The third-order valence-electron chi connectivity index (χ3n) is 6.11. The van der Waals surface area contributed by atoms with Gasteiger partial charge in [0.25, 0.3) is 11.5 Å². The average Bonchev–Trinajstić information content (AvgIpc) is 3.26. The van der Waals surface area contributed by atoms with Gasteiger partial charge in [-0.3, -0.25) is 9.59 Å². The van der Waals surface area contributed by atoms with E-state index in [1.165, 1.54) is 0 Å². The highest BCUT2D eigenvalue weighted by Gasteiger charge is 2.26. The first-order valence-corrected chi connectivity index (χ1v) is 10.8. The molecule has 5 rings (SSSR count). The molecule has 2 heterocycles. The Morgan fingerprint density at radius 3 is 2.44 bits per heavy atom. The quantitative estimate of drug-likeness (QED) is 0.511. The van der Waals surface area contributed by atoms with Crippen LogP contribution in [0.4, 0.5) is 0 Å². The molecule has 0 saturated heterocycles. The first-order valence-electron chi connectivity index (χ1n) is 10.8. The summed E-state index contributed by atoms with van der Waals surface area (Å²) in [4.78, 5) is 29.0. The van der Waals surface area contributed by atoms with Crippen LogP contribution >= 0.6 is 0 Å². The SMILES string of the molecule is Cc1nc(-c2ccc(C(=O)N[C@H]3CC[C@H](c4n[nH]c(=O)c5ccccc54)CC3)cc2)no1. The van der Waals surface area contributed by atoms with Crippen LogP contribution in [0.1, 0.15) is 53.5 Å². The molecule has 0 bridgehead atoms. The fraction of sp³-hybridized carbons (Fsp3) is 0.292. The number of H-pyrrole nitrogens is 1. The summed E-state index contributed by atoms with van der Waals surface area (Å²) in [6, 6.07) is 14.9. The first-order chi connectivity index (χ1) is 15.6. The van der Waals surface area contributed by atoms with Crippen molar-refractivity contribution in [3.63, 3.8) is 0 Å². The summed E-state index contributed by atoms with van der Waals surface area (Å²) in [7, 11) is 0.